The third-order valence-corrected chi connectivity index (χ3v) is 26.3. The van der Waals surface area contributed by atoms with Crippen molar-refractivity contribution in [1.29, 1.82) is 0 Å². The van der Waals surface area contributed by atoms with Gasteiger partial charge in [-0.05, 0) is 119 Å². The summed E-state index contributed by atoms with van der Waals surface area (Å²) in [6.45, 7) is 31.9. The van der Waals surface area contributed by atoms with Crippen LogP contribution in [0.5, 0.6) is 0 Å². The van der Waals surface area contributed by atoms with Gasteiger partial charge in [0.2, 0.25) is 53.2 Å². The fourth-order valence-corrected chi connectivity index (χ4v) is 18.1. The summed E-state index contributed by atoms with van der Waals surface area (Å²) in [4.78, 5) is 191. The number of unbranched alkanes of at least 4 members (excludes halogenated alkanes) is 4. The van der Waals surface area contributed by atoms with Crippen LogP contribution in [0.15, 0.2) is 85.0 Å². The molecule has 736 valence electrons. The number of aliphatic carboxylic acids is 1. The molecule has 20 atom stereocenters. The van der Waals surface area contributed by atoms with Gasteiger partial charge in [-0.25, -0.2) is 0 Å². The maximum absolute atomic E-state index is 14.6. The molecule has 0 radical (unpaired) electrons. The van der Waals surface area contributed by atoms with Gasteiger partial charge in [0, 0.05) is 113 Å². The van der Waals surface area contributed by atoms with Gasteiger partial charge >= 0.3 is 5.97 Å². The number of carbonyl (C=O) groups is 14. The van der Waals surface area contributed by atoms with E-state index in [-0.39, 0.29) is 145 Å². The van der Waals surface area contributed by atoms with Crippen molar-refractivity contribution in [2.24, 2.45) is 47.3 Å². The highest BCUT2D eigenvalue weighted by atomic mass is 16.5. The first kappa shape index (κ1) is 114. The molecule has 2 saturated heterocycles. The Morgan fingerprint density at radius 1 is 0.443 bits per heavy atom. The second-order valence-corrected chi connectivity index (χ2v) is 37.0. The van der Waals surface area contributed by atoms with Crippen LogP contribution in [0.1, 0.15) is 237 Å². The van der Waals surface area contributed by atoms with Crippen molar-refractivity contribution >= 4 is 82.8 Å². The third kappa shape index (κ3) is 33.0. The molecule has 8 N–H and O–H groups in total. The number of hydrogen-bond acceptors (Lipinski definition) is 21. The van der Waals surface area contributed by atoms with Crippen molar-refractivity contribution in [3.05, 3.63) is 96.1 Å². The molecule has 2 aromatic rings. The van der Waals surface area contributed by atoms with Gasteiger partial charge in [0.1, 0.15) is 18.1 Å². The Labute approximate surface area is 778 Å². The molecule has 33 nitrogen and oxygen atoms in total. The molecular weight excluding hydrogens is 1680 g/mol. The number of hydrogen-bond donors (Lipinski definition) is 8. The summed E-state index contributed by atoms with van der Waals surface area (Å²) in [6, 6.07) is 12.5. The van der Waals surface area contributed by atoms with Crippen molar-refractivity contribution in [2.75, 3.05) is 82.8 Å². The number of amides is 13. The number of likely N-dealkylation sites (tertiary alicyclic amines) is 2. The minimum atomic E-state index is -0.947. The summed E-state index contributed by atoms with van der Waals surface area (Å²) >= 11 is 0. The number of likely N-dealkylation sites (N-methyl/N-ethyl adjacent to an activating group) is 4. The molecule has 0 aromatic heterocycles. The summed E-state index contributed by atoms with van der Waals surface area (Å²) in [5, 5.41) is 45.0. The van der Waals surface area contributed by atoms with Gasteiger partial charge in [-0.2, -0.15) is 0 Å². The summed E-state index contributed by atoms with van der Waals surface area (Å²) in [7, 11) is 12.9. The molecule has 0 aliphatic carbocycles. The van der Waals surface area contributed by atoms with Crippen molar-refractivity contribution < 1.29 is 101 Å². The first-order valence-electron chi connectivity index (χ1n) is 47.0. The number of nitrogens with one attached hydrogen (secondary N) is 5. The molecule has 33 heteroatoms. The zero-order valence-electron chi connectivity index (χ0n) is 82.4. The number of aliphatic hydroxyl groups is 2. The minimum Gasteiger partial charge on any atom is -0.481 e. The van der Waals surface area contributed by atoms with Gasteiger partial charge in [0.05, 0.1) is 104 Å². The second kappa shape index (κ2) is 56.6. The molecule has 2 aromatic carbocycles. The lowest BCUT2D eigenvalue weighted by molar-refractivity contribution is -0.148. The summed E-state index contributed by atoms with van der Waals surface area (Å²) in [5.74, 6) is -6.55. The lowest BCUT2D eigenvalue weighted by atomic mass is 9.89. The maximum atomic E-state index is 14.6. The number of rotatable bonds is 52. The lowest BCUT2D eigenvalue weighted by Gasteiger charge is -2.41. The van der Waals surface area contributed by atoms with Crippen LogP contribution in [0.25, 0.3) is 0 Å². The van der Waals surface area contributed by atoms with Crippen molar-refractivity contribution in [1.82, 2.24) is 60.9 Å². The van der Waals surface area contributed by atoms with E-state index in [1.165, 1.54) is 53.2 Å². The molecule has 4 aliphatic heterocycles. The first-order valence-corrected chi connectivity index (χ1v) is 47.0. The Morgan fingerprint density at radius 3 is 1.11 bits per heavy atom. The van der Waals surface area contributed by atoms with Gasteiger partial charge in [-0.1, -0.05) is 183 Å². The molecule has 6 rings (SSSR count). The number of benzene rings is 2. The number of ether oxygens (including phenoxy) is 4. The normalized spacial score (nSPS) is 19.2. The maximum Gasteiger partial charge on any atom is 0.303 e. The van der Waals surface area contributed by atoms with Gasteiger partial charge in [0.15, 0.2) is 0 Å². The predicted octanol–water partition coefficient (Wildman–Crippen LogP) is 8.34. The lowest BCUT2D eigenvalue weighted by Crippen LogP contribution is -2.60. The Balaban J connectivity index is 0.000000481. The highest BCUT2D eigenvalue weighted by Crippen LogP contribution is 2.34. The Morgan fingerprint density at radius 2 is 0.794 bits per heavy atom. The van der Waals surface area contributed by atoms with Crippen LogP contribution < -0.4 is 26.6 Å². The monoisotopic (exact) mass is 1840 g/mol. The van der Waals surface area contributed by atoms with Gasteiger partial charge < -0.3 is 85.4 Å². The molecule has 131 heavy (non-hydrogen) atoms. The van der Waals surface area contributed by atoms with Gasteiger partial charge in [-0.3, -0.25) is 76.9 Å². The number of nitrogens with zero attached hydrogens (tertiary/aromatic N) is 7. The standard InChI is InChI=1S/C49H78N6O10.C39H67N5O7.C10H13NO4/c1-13-32(6)44(37(64-11)29-41(59)54-28-20-23-36(54)46(65-12)33(7)47(61)50-34(8)45(60)35-21-16-14-17-22-35)53(10)49(63)42(30(2)3)51-48(62)43(31(4)5)52(9)38(56)24-18-15-19-27-55-39(57)25-26-40(55)58;1-13-25(6)34(43(10)39(49)33(24(4)5)42-38(48)32(40-9)23(2)3)30(50-11)22-31(45)44-21-17-20-29(44)36(51-12)26(7)37(47)41-27(8)35(46)28-18-15-14-16-19-28;12-8-5-6-9(13)11(8)7-3-1-2-4-10(14)15/h14,16-17,21-22,25-26,30-34,36-37,42-46,60H,13,15,18-20,23-24,27-29H2,1-12H3,(H,50,61)(H,51,62);14-16,18-19,23-27,29-30,32-36,40,46H,13,17,20-22H2,1-12H3,(H,41,47)(H,42,48);5-6H,1-4,7H2,(H,14,15). The zero-order valence-corrected chi connectivity index (χ0v) is 82.4. The molecule has 0 saturated carbocycles. The Bertz CT molecular complexity index is 4020. The van der Waals surface area contributed by atoms with Crippen LogP contribution in [0, 0.1) is 47.3 Å². The van der Waals surface area contributed by atoms with Gasteiger partial charge in [0.25, 0.3) is 23.6 Å². The topological polar surface area (TPSA) is 419 Å². The fourth-order valence-electron chi connectivity index (χ4n) is 18.1. The van der Waals surface area contributed by atoms with E-state index in [1.807, 2.05) is 132 Å². The van der Waals surface area contributed by atoms with E-state index in [0.29, 0.717) is 88.5 Å². The van der Waals surface area contributed by atoms with Gasteiger partial charge in [-0.15, -0.1) is 0 Å². The van der Waals surface area contributed by atoms with Crippen molar-refractivity contribution in [3.8, 4) is 0 Å². The van der Waals surface area contributed by atoms with Crippen molar-refractivity contribution in [3.63, 3.8) is 0 Å². The molecular formula is C98H158N12O21. The number of carbonyl (C=O) groups excluding carboxylic acids is 13. The van der Waals surface area contributed by atoms with E-state index < -0.39 is 115 Å². The summed E-state index contributed by atoms with van der Waals surface area (Å²) in [5.41, 5.74) is 1.40. The van der Waals surface area contributed by atoms with E-state index in [2.05, 4.69) is 26.6 Å². The Hall–Kier alpha value is -9.38. The average Bonchev–Trinajstić information content (AvgIpc) is 1.50. The molecule has 13 amide bonds. The molecule has 4 heterocycles. The van der Waals surface area contributed by atoms with E-state index in [4.69, 9.17) is 24.1 Å². The smallest absolute Gasteiger partial charge is 0.303 e. The Kier molecular flexibility index (Phi) is 49.2. The fraction of sp³-hybridized carbons (Fsp3) is 0.694. The molecule has 0 bridgehead atoms. The first-order chi connectivity index (χ1) is 61.9. The number of aliphatic hydroxyl groups excluding tert-OH is 2. The highest BCUT2D eigenvalue weighted by molar-refractivity contribution is 6.13. The van der Waals surface area contributed by atoms with Crippen LogP contribution in [-0.4, -0.2) is 300 Å². The highest BCUT2D eigenvalue weighted by Gasteiger charge is 2.47. The van der Waals surface area contributed by atoms with Crippen LogP contribution in [0.4, 0.5) is 0 Å². The predicted molar refractivity (Wildman–Crippen MR) is 499 cm³/mol. The summed E-state index contributed by atoms with van der Waals surface area (Å²) in [6.07, 6.45) is 8.83. The number of carboxylic acids is 1. The molecule has 20 unspecified atom stereocenters. The van der Waals surface area contributed by atoms with Crippen LogP contribution in [0.2, 0.25) is 0 Å². The third-order valence-electron chi connectivity index (χ3n) is 26.3. The largest absolute Gasteiger partial charge is 0.481 e. The second-order valence-electron chi connectivity index (χ2n) is 37.0. The van der Waals surface area contributed by atoms with Crippen molar-refractivity contribution in [2.45, 2.75) is 311 Å². The van der Waals surface area contributed by atoms with E-state index in [0.717, 1.165) is 19.3 Å². The number of methoxy groups -OCH3 is 4. The van der Waals surface area contributed by atoms with Crippen LogP contribution in [-0.2, 0) is 86.1 Å². The molecule has 0 spiro atoms. The summed E-state index contributed by atoms with van der Waals surface area (Å²) < 4.78 is 23.9. The molecule has 4 aliphatic rings. The van der Waals surface area contributed by atoms with E-state index in [1.54, 1.807) is 102 Å². The quantitative estimate of drug-likeness (QED) is 0.0228. The SMILES string of the molecule is CCC(C)C(C(CC(=O)N1CCCC1C(OC)C(C)C(=O)NC(C)C(O)c1ccccc1)OC)N(C)C(=O)C(NC(=O)C(C(C)C)N(C)C(=O)CCCCCN1C(=O)C=CC1=O)C(C)C.CCC(C)C(C(CC(=O)N1CCCC1C(OC)C(C)C(=O)NC(C)C(O)c1ccccc1)OC)N(C)C(=O)C(NC(=O)C(NC)C(C)C)C(C)C.O=C(O)CCCCCN1C(=O)C=CC1=O. The molecule has 2 fully saturated rings. The average molecular weight is 1840 g/mol. The number of carboxylic acid groups (broad SMARTS) is 1. The van der Waals surface area contributed by atoms with E-state index in [9.17, 15) is 77.3 Å². The van der Waals surface area contributed by atoms with Crippen LogP contribution in [0.3, 0.4) is 0 Å². The number of imide groups is 2. The van der Waals surface area contributed by atoms with E-state index >= 15 is 0 Å². The zero-order chi connectivity index (χ0) is 98.5. The van der Waals surface area contributed by atoms with Crippen LogP contribution >= 0.6 is 0 Å². The minimum absolute atomic E-state index is 0.0148.